The van der Waals surface area contributed by atoms with Crippen molar-refractivity contribution in [1.82, 2.24) is 5.32 Å². The van der Waals surface area contributed by atoms with Crippen LogP contribution in [0.5, 0.6) is 5.75 Å². The van der Waals surface area contributed by atoms with Crippen molar-refractivity contribution < 1.29 is 17.9 Å². The maximum Gasteiger partial charge on any atom is 0.425 e. The number of benzene rings is 1. The van der Waals surface area contributed by atoms with E-state index in [1.165, 1.54) is 0 Å². The lowest BCUT2D eigenvalue weighted by Crippen LogP contribution is -2.31. The minimum Gasteiger partial charge on any atom is -0.480 e. The maximum atomic E-state index is 12.5. The second kappa shape index (κ2) is 7.31. The van der Waals surface area contributed by atoms with Crippen molar-refractivity contribution in [2.24, 2.45) is 0 Å². The van der Waals surface area contributed by atoms with E-state index in [2.05, 4.69) is 28.2 Å². The Morgan fingerprint density at radius 2 is 1.95 bits per heavy atom. The number of halogens is 4. The van der Waals surface area contributed by atoms with E-state index >= 15 is 0 Å². The van der Waals surface area contributed by atoms with Gasteiger partial charge in [0.05, 0.1) is 4.47 Å². The van der Waals surface area contributed by atoms with Gasteiger partial charge < -0.3 is 10.1 Å². The molecule has 0 bridgehead atoms. The number of nitrogens with one attached hydrogen (secondary N) is 1. The first-order valence-electron chi connectivity index (χ1n) is 6.52. The monoisotopic (exact) mass is 353 g/mol. The summed E-state index contributed by atoms with van der Waals surface area (Å²) in [6.07, 6.45) is -5.18. The van der Waals surface area contributed by atoms with E-state index in [1.54, 1.807) is 18.2 Å². The Kier molecular flexibility index (Phi) is 6.33. The third kappa shape index (κ3) is 4.98. The van der Waals surface area contributed by atoms with Crippen LogP contribution in [-0.2, 0) is 0 Å². The first kappa shape index (κ1) is 17.3. The second-order valence-corrected chi connectivity index (χ2v) is 5.52. The molecular formula is C14H19BrF3NO. The number of rotatable bonds is 6. The molecule has 0 heterocycles. The fourth-order valence-electron chi connectivity index (χ4n) is 1.62. The van der Waals surface area contributed by atoms with E-state index in [-0.39, 0.29) is 11.8 Å². The molecule has 0 aliphatic carbocycles. The van der Waals surface area contributed by atoms with Crippen LogP contribution in [0, 0.1) is 0 Å². The standard InChI is InChI=1S/C14H19BrF3NO/c1-4-7-19-9(2)11-5-6-13(12(15)8-11)20-10(3)14(16,17)18/h5-6,8-10,19H,4,7H2,1-3H3. The van der Waals surface area contributed by atoms with Crippen molar-refractivity contribution in [2.75, 3.05) is 6.54 Å². The van der Waals surface area contributed by atoms with Crippen LogP contribution in [0.3, 0.4) is 0 Å². The molecule has 0 radical (unpaired) electrons. The van der Waals surface area contributed by atoms with Gasteiger partial charge >= 0.3 is 6.18 Å². The van der Waals surface area contributed by atoms with Crippen LogP contribution in [0.1, 0.15) is 38.8 Å². The second-order valence-electron chi connectivity index (χ2n) is 4.67. The van der Waals surface area contributed by atoms with Crippen LogP contribution in [0.15, 0.2) is 22.7 Å². The zero-order valence-corrected chi connectivity index (χ0v) is 13.3. The van der Waals surface area contributed by atoms with Crippen molar-refractivity contribution in [3.05, 3.63) is 28.2 Å². The Balaban J connectivity index is 2.78. The van der Waals surface area contributed by atoms with Gasteiger partial charge in [-0.3, -0.25) is 0 Å². The molecule has 0 aliphatic rings. The van der Waals surface area contributed by atoms with Gasteiger partial charge in [0.25, 0.3) is 0 Å². The lowest BCUT2D eigenvalue weighted by molar-refractivity contribution is -0.189. The molecule has 1 N–H and O–H groups in total. The molecule has 1 rings (SSSR count). The first-order valence-corrected chi connectivity index (χ1v) is 7.31. The summed E-state index contributed by atoms with van der Waals surface area (Å²) in [7, 11) is 0. The molecule has 0 saturated heterocycles. The highest BCUT2D eigenvalue weighted by atomic mass is 79.9. The first-order chi connectivity index (χ1) is 9.25. The molecule has 2 nitrogen and oxygen atoms in total. The van der Waals surface area contributed by atoms with E-state index < -0.39 is 12.3 Å². The Labute approximate surface area is 125 Å². The van der Waals surface area contributed by atoms with Crippen molar-refractivity contribution in [2.45, 2.75) is 45.5 Å². The number of ether oxygens (including phenoxy) is 1. The molecule has 1 aromatic carbocycles. The predicted octanol–water partition coefficient (Wildman–Crippen LogP) is 4.84. The summed E-state index contributed by atoms with van der Waals surface area (Å²) in [5.41, 5.74) is 0.998. The van der Waals surface area contributed by atoms with Crippen LogP contribution in [0.2, 0.25) is 0 Å². The lowest BCUT2D eigenvalue weighted by Gasteiger charge is -2.20. The molecule has 6 heteroatoms. The van der Waals surface area contributed by atoms with Crippen LogP contribution >= 0.6 is 15.9 Å². The van der Waals surface area contributed by atoms with Gasteiger partial charge in [-0.05, 0) is 60.4 Å². The summed E-state index contributed by atoms with van der Waals surface area (Å²) in [5, 5.41) is 3.32. The van der Waals surface area contributed by atoms with E-state index in [1.807, 2.05) is 6.92 Å². The predicted molar refractivity (Wildman–Crippen MR) is 77.0 cm³/mol. The van der Waals surface area contributed by atoms with Crippen molar-refractivity contribution >= 4 is 15.9 Å². The normalized spacial score (nSPS) is 14.9. The van der Waals surface area contributed by atoms with Gasteiger partial charge in [-0.1, -0.05) is 13.0 Å². The van der Waals surface area contributed by atoms with E-state index in [0.29, 0.717) is 4.47 Å². The van der Waals surface area contributed by atoms with Crippen LogP contribution in [0.25, 0.3) is 0 Å². The molecule has 2 atom stereocenters. The Morgan fingerprint density at radius 3 is 2.45 bits per heavy atom. The summed E-state index contributed by atoms with van der Waals surface area (Å²) < 4.78 is 42.8. The summed E-state index contributed by atoms with van der Waals surface area (Å²) in [5.74, 6) is 0.196. The lowest BCUT2D eigenvalue weighted by atomic mass is 10.1. The van der Waals surface area contributed by atoms with E-state index in [9.17, 15) is 13.2 Å². The smallest absolute Gasteiger partial charge is 0.425 e. The third-order valence-corrected chi connectivity index (χ3v) is 3.54. The number of hydrogen-bond donors (Lipinski definition) is 1. The summed E-state index contributed by atoms with van der Waals surface area (Å²) in [6.45, 7) is 5.97. The van der Waals surface area contributed by atoms with Crippen molar-refractivity contribution in [3.63, 3.8) is 0 Å². The topological polar surface area (TPSA) is 21.3 Å². The summed E-state index contributed by atoms with van der Waals surface area (Å²) in [6, 6.07) is 5.26. The Bertz CT molecular complexity index is 437. The quantitative estimate of drug-likeness (QED) is 0.789. The van der Waals surface area contributed by atoms with Gasteiger partial charge in [0, 0.05) is 6.04 Å². The van der Waals surface area contributed by atoms with Gasteiger partial charge in [-0.15, -0.1) is 0 Å². The van der Waals surface area contributed by atoms with Gasteiger partial charge in [0.1, 0.15) is 5.75 Å². The van der Waals surface area contributed by atoms with E-state index in [4.69, 9.17) is 4.74 Å². The highest BCUT2D eigenvalue weighted by molar-refractivity contribution is 9.10. The number of hydrogen-bond acceptors (Lipinski definition) is 2. The zero-order chi connectivity index (χ0) is 15.3. The molecule has 0 aliphatic heterocycles. The molecule has 1 aromatic rings. The summed E-state index contributed by atoms with van der Waals surface area (Å²) in [4.78, 5) is 0. The van der Waals surface area contributed by atoms with Crippen molar-refractivity contribution in [1.29, 1.82) is 0 Å². The molecule has 0 amide bonds. The number of alkyl halides is 3. The molecular weight excluding hydrogens is 335 g/mol. The molecule has 20 heavy (non-hydrogen) atoms. The maximum absolute atomic E-state index is 12.5. The fourth-order valence-corrected chi connectivity index (χ4v) is 2.11. The highest BCUT2D eigenvalue weighted by Crippen LogP contribution is 2.32. The third-order valence-electron chi connectivity index (χ3n) is 2.92. The zero-order valence-electron chi connectivity index (χ0n) is 11.7. The molecule has 0 aromatic heterocycles. The fraction of sp³-hybridized carbons (Fsp3) is 0.571. The summed E-state index contributed by atoms with van der Waals surface area (Å²) >= 11 is 3.26. The van der Waals surface area contributed by atoms with Gasteiger partial charge in [0.15, 0.2) is 6.10 Å². The molecule has 0 fully saturated rings. The average Bonchev–Trinajstić information content (AvgIpc) is 2.37. The minimum atomic E-state index is -4.37. The van der Waals surface area contributed by atoms with E-state index in [0.717, 1.165) is 25.5 Å². The Hall–Kier alpha value is -0.750. The molecule has 0 spiro atoms. The van der Waals surface area contributed by atoms with Gasteiger partial charge in [-0.25, -0.2) is 0 Å². The van der Waals surface area contributed by atoms with Crippen molar-refractivity contribution in [3.8, 4) is 5.75 Å². The molecule has 114 valence electrons. The SMILES string of the molecule is CCCNC(C)c1ccc(OC(C)C(F)(F)F)c(Br)c1. The van der Waals surface area contributed by atoms with Crippen LogP contribution in [0.4, 0.5) is 13.2 Å². The van der Waals surface area contributed by atoms with Gasteiger partial charge in [0.2, 0.25) is 0 Å². The Morgan fingerprint density at radius 1 is 1.30 bits per heavy atom. The van der Waals surface area contributed by atoms with Crippen LogP contribution in [-0.4, -0.2) is 18.8 Å². The molecule has 0 saturated carbocycles. The highest BCUT2D eigenvalue weighted by Gasteiger charge is 2.38. The minimum absolute atomic E-state index is 0.139. The van der Waals surface area contributed by atoms with Crippen LogP contribution < -0.4 is 10.1 Å². The largest absolute Gasteiger partial charge is 0.480 e. The van der Waals surface area contributed by atoms with Gasteiger partial charge in [-0.2, -0.15) is 13.2 Å². The molecule has 2 unspecified atom stereocenters. The average molecular weight is 354 g/mol.